The minimum absolute atomic E-state index is 0.0334. The van der Waals surface area contributed by atoms with Gasteiger partial charge >= 0.3 is 5.97 Å². The van der Waals surface area contributed by atoms with Crippen LogP contribution >= 0.6 is 0 Å². The molecule has 1 heterocycles. The van der Waals surface area contributed by atoms with Crippen molar-refractivity contribution in [3.63, 3.8) is 0 Å². The number of carboxylic acids is 1. The maximum absolute atomic E-state index is 12.2. The van der Waals surface area contributed by atoms with Crippen molar-refractivity contribution in [1.82, 2.24) is 10.2 Å². The maximum atomic E-state index is 12.2. The number of benzene rings is 1. The molecular weight excluding hydrogens is 322 g/mol. The third kappa shape index (κ3) is 5.60. The Hall–Kier alpha value is -2.88. The van der Waals surface area contributed by atoms with E-state index in [4.69, 9.17) is 10.4 Å². The molecule has 0 aromatic heterocycles. The van der Waals surface area contributed by atoms with Crippen molar-refractivity contribution in [2.45, 2.75) is 25.7 Å². The molecule has 0 bridgehead atoms. The number of nitrogens with one attached hydrogen (secondary N) is 1. The average molecular weight is 343 g/mol. The summed E-state index contributed by atoms with van der Waals surface area (Å²) in [7, 11) is 0. The maximum Gasteiger partial charge on any atom is 0.303 e. The van der Waals surface area contributed by atoms with Crippen LogP contribution in [0.25, 0.3) is 0 Å². The van der Waals surface area contributed by atoms with E-state index >= 15 is 0 Å². The second-order valence-corrected chi connectivity index (χ2v) is 6.12. The smallest absolute Gasteiger partial charge is 0.303 e. The van der Waals surface area contributed by atoms with Crippen LogP contribution < -0.4 is 5.32 Å². The monoisotopic (exact) mass is 343 g/mol. The summed E-state index contributed by atoms with van der Waals surface area (Å²) in [6.07, 6.45) is 1.78. The van der Waals surface area contributed by atoms with Crippen molar-refractivity contribution < 1.29 is 19.5 Å². The van der Waals surface area contributed by atoms with Gasteiger partial charge in [0.25, 0.3) is 5.91 Å². The summed E-state index contributed by atoms with van der Waals surface area (Å²) in [6, 6.07) is 8.27. The van der Waals surface area contributed by atoms with Crippen molar-refractivity contribution in [3.8, 4) is 6.07 Å². The zero-order valence-corrected chi connectivity index (χ0v) is 13.9. The van der Waals surface area contributed by atoms with Crippen LogP contribution in [-0.2, 0) is 9.59 Å². The van der Waals surface area contributed by atoms with Crippen LogP contribution in [0.1, 0.15) is 41.6 Å². The summed E-state index contributed by atoms with van der Waals surface area (Å²) in [4.78, 5) is 36.6. The molecule has 1 aliphatic heterocycles. The van der Waals surface area contributed by atoms with Crippen molar-refractivity contribution in [3.05, 3.63) is 35.4 Å². The largest absolute Gasteiger partial charge is 0.481 e. The lowest BCUT2D eigenvalue weighted by molar-refractivity contribution is -0.138. The average Bonchev–Trinajstić information content (AvgIpc) is 2.61. The number of nitriles is 1. The molecule has 1 aliphatic rings. The van der Waals surface area contributed by atoms with Crippen LogP contribution in [-0.4, -0.2) is 47.4 Å². The third-order valence-electron chi connectivity index (χ3n) is 4.33. The molecule has 2 rings (SSSR count). The molecule has 2 N–H and O–H groups in total. The van der Waals surface area contributed by atoms with E-state index in [0.717, 1.165) is 0 Å². The number of aliphatic carboxylic acids is 1. The standard InChI is InChI=1S/C18H21N3O4/c19-12-14-1-3-15(4-2-14)18(25)20-8-5-16(22)21-9-6-13(7-10-21)11-17(23)24/h1-4,13H,5-11H2,(H,20,25)(H,23,24). The van der Waals surface area contributed by atoms with Crippen molar-refractivity contribution in [2.24, 2.45) is 5.92 Å². The second kappa shape index (κ2) is 8.83. The van der Waals surface area contributed by atoms with Crippen LogP contribution in [0.15, 0.2) is 24.3 Å². The van der Waals surface area contributed by atoms with Gasteiger partial charge in [0, 0.05) is 38.0 Å². The predicted octanol–water partition coefficient (Wildman–Crippen LogP) is 1.39. The molecular formula is C18H21N3O4. The van der Waals surface area contributed by atoms with Crippen LogP contribution in [0.2, 0.25) is 0 Å². The molecule has 0 radical (unpaired) electrons. The number of likely N-dealkylation sites (tertiary alicyclic amines) is 1. The van der Waals surface area contributed by atoms with Crippen molar-refractivity contribution in [1.29, 1.82) is 5.26 Å². The molecule has 132 valence electrons. The van der Waals surface area contributed by atoms with Gasteiger partial charge in [-0.2, -0.15) is 5.26 Å². The fourth-order valence-corrected chi connectivity index (χ4v) is 2.87. The summed E-state index contributed by atoms with van der Waals surface area (Å²) < 4.78 is 0. The van der Waals surface area contributed by atoms with Gasteiger partial charge in [0.2, 0.25) is 5.91 Å². The molecule has 1 saturated heterocycles. The van der Waals surface area contributed by atoms with E-state index < -0.39 is 5.97 Å². The second-order valence-electron chi connectivity index (χ2n) is 6.12. The first-order chi connectivity index (χ1) is 12.0. The number of carboxylic acid groups (broad SMARTS) is 1. The fraction of sp³-hybridized carbons (Fsp3) is 0.444. The molecule has 0 saturated carbocycles. The van der Waals surface area contributed by atoms with E-state index in [1.807, 2.05) is 6.07 Å². The lowest BCUT2D eigenvalue weighted by Crippen LogP contribution is -2.40. The van der Waals surface area contributed by atoms with Crippen molar-refractivity contribution >= 4 is 17.8 Å². The van der Waals surface area contributed by atoms with Gasteiger partial charge in [-0.15, -0.1) is 0 Å². The van der Waals surface area contributed by atoms with Gasteiger partial charge in [-0.25, -0.2) is 0 Å². The molecule has 25 heavy (non-hydrogen) atoms. The molecule has 7 heteroatoms. The first-order valence-corrected chi connectivity index (χ1v) is 8.27. The summed E-state index contributed by atoms with van der Waals surface area (Å²) in [5, 5.41) is 20.2. The minimum atomic E-state index is -0.796. The summed E-state index contributed by atoms with van der Waals surface area (Å²) in [5.74, 6) is -0.973. The number of carbonyl (C=O) groups is 3. The lowest BCUT2D eigenvalue weighted by atomic mass is 9.93. The van der Waals surface area contributed by atoms with Gasteiger partial charge in [0.1, 0.15) is 0 Å². The third-order valence-corrected chi connectivity index (χ3v) is 4.33. The lowest BCUT2D eigenvalue weighted by Gasteiger charge is -2.31. The zero-order valence-electron chi connectivity index (χ0n) is 13.9. The highest BCUT2D eigenvalue weighted by molar-refractivity contribution is 5.94. The van der Waals surface area contributed by atoms with Gasteiger partial charge in [0.15, 0.2) is 0 Å². The van der Waals surface area contributed by atoms with Gasteiger partial charge in [-0.05, 0) is 43.0 Å². The molecule has 0 atom stereocenters. The molecule has 2 amide bonds. The summed E-state index contributed by atoms with van der Waals surface area (Å²) in [5.41, 5.74) is 0.930. The van der Waals surface area contributed by atoms with Gasteiger partial charge in [0.05, 0.1) is 11.6 Å². The molecule has 1 fully saturated rings. The molecule has 0 aliphatic carbocycles. The quantitative estimate of drug-likeness (QED) is 0.811. The van der Waals surface area contributed by atoms with Gasteiger partial charge < -0.3 is 15.3 Å². The van der Waals surface area contributed by atoms with E-state index in [2.05, 4.69) is 5.32 Å². The molecule has 0 spiro atoms. The zero-order chi connectivity index (χ0) is 18.2. The Labute approximate surface area is 146 Å². The Kier molecular flexibility index (Phi) is 6.52. The first kappa shape index (κ1) is 18.5. The Balaban J connectivity index is 1.71. The molecule has 0 unspecified atom stereocenters. The Bertz CT molecular complexity index is 671. The minimum Gasteiger partial charge on any atom is -0.481 e. The molecule has 1 aromatic carbocycles. The topological polar surface area (TPSA) is 111 Å². The Morgan fingerprint density at radius 1 is 1.20 bits per heavy atom. The van der Waals surface area contributed by atoms with Crippen LogP contribution in [0, 0.1) is 17.2 Å². The number of amides is 2. The van der Waals surface area contributed by atoms with Crippen LogP contribution in [0.3, 0.4) is 0 Å². The fourth-order valence-electron chi connectivity index (χ4n) is 2.87. The number of nitrogens with zero attached hydrogens (tertiary/aromatic N) is 2. The normalized spacial score (nSPS) is 14.6. The van der Waals surface area contributed by atoms with E-state index in [0.29, 0.717) is 37.1 Å². The van der Waals surface area contributed by atoms with Crippen molar-refractivity contribution in [2.75, 3.05) is 19.6 Å². The summed E-state index contributed by atoms with van der Waals surface area (Å²) in [6.45, 7) is 1.38. The summed E-state index contributed by atoms with van der Waals surface area (Å²) >= 11 is 0. The molecule has 1 aromatic rings. The van der Waals surface area contributed by atoms with E-state index in [9.17, 15) is 14.4 Å². The number of hydrogen-bond donors (Lipinski definition) is 2. The number of rotatable bonds is 6. The number of hydrogen-bond acceptors (Lipinski definition) is 4. The Morgan fingerprint density at radius 3 is 2.40 bits per heavy atom. The Morgan fingerprint density at radius 2 is 1.84 bits per heavy atom. The highest BCUT2D eigenvalue weighted by atomic mass is 16.4. The number of piperidine rings is 1. The van der Waals surface area contributed by atoms with Gasteiger partial charge in [-0.1, -0.05) is 0 Å². The van der Waals surface area contributed by atoms with E-state index in [1.54, 1.807) is 29.2 Å². The van der Waals surface area contributed by atoms with Gasteiger partial charge in [-0.3, -0.25) is 14.4 Å². The van der Waals surface area contributed by atoms with Crippen LogP contribution in [0.4, 0.5) is 0 Å². The number of carbonyl (C=O) groups excluding carboxylic acids is 2. The predicted molar refractivity (Wildman–Crippen MR) is 89.7 cm³/mol. The van der Waals surface area contributed by atoms with E-state index in [-0.39, 0.29) is 37.1 Å². The molecule has 7 nitrogen and oxygen atoms in total. The highest BCUT2D eigenvalue weighted by Crippen LogP contribution is 2.20. The SMILES string of the molecule is N#Cc1ccc(C(=O)NCCC(=O)N2CCC(CC(=O)O)CC2)cc1. The van der Waals surface area contributed by atoms with E-state index in [1.165, 1.54) is 0 Å². The highest BCUT2D eigenvalue weighted by Gasteiger charge is 2.24. The first-order valence-electron chi connectivity index (χ1n) is 8.27. The van der Waals surface area contributed by atoms with Crippen LogP contribution in [0.5, 0.6) is 0 Å².